The highest BCUT2D eigenvalue weighted by atomic mass is 16.5. The van der Waals surface area contributed by atoms with Crippen molar-refractivity contribution in [1.29, 1.82) is 0 Å². The van der Waals surface area contributed by atoms with E-state index >= 15 is 0 Å². The van der Waals surface area contributed by atoms with Crippen LogP contribution < -0.4 is 14.2 Å². The Morgan fingerprint density at radius 2 is 1.64 bits per heavy atom. The Bertz CT molecular complexity index is 1000. The number of ether oxygens (including phenoxy) is 3. The van der Waals surface area contributed by atoms with E-state index in [1.807, 2.05) is 24.3 Å². The number of carbonyl (C=O) groups is 1. The molecule has 0 aromatic heterocycles. The summed E-state index contributed by atoms with van der Waals surface area (Å²) in [6.07, 6.45) is 0. The quantitative estimate of drug-likeness (QED) is 0.568. The molecule has 0 atom stereocenters. The van der Waals surface area contributed by atoms with Crippen molar-refractivity contribution in [2.24, 2.45) is 0 Å². The predicted octanol–water partition coefficient (Wildman–Crippen LogP) is 4.24. The Morgan fingerprint density at radius 1 is 0.960 bits per heavy atom. The van der Waals surface area contributed by atoms with E-state index in [0.29, 0.717) is 39.0 Å². The summed E-state index contributed by atoms with van der Waals surface area (Å²) < 4.78 is 16.7. The van der Waals surface area contributed by atoms with Crippen molar-refractivity contribution in [2.45, 2.75) is 13.8 Å². The number of aromatic hydroxyl groups is 1. The number of hydrogen-bond acceptors (Lipinski definition) is 5. The molecule has 130 valence electrons. The van der Waals surface area contributed by atoms with Crippen molar-refractivity contribution in [1.82, 2.24) is 0 Å². The average molecular weight is 340 g/mol. The van der Waals surface area contributed by atoms with Gasteiger partial charge in [-0.25, -0.2) is 0 Å². The van der Waals surface area contributed by atoms with Crippen molar-refractivity contribution in [3.63, 3.8) is 0 Å². The fourth-order valence-corrected chi connectivity index (χ4v) is 3.47. The van der Waals surface area contributed by atoms with Gasteiger partial charge in [0.05, 0.1) is 37.7 Å². The Kier molecular flexibility index (Phi) is 4.17. The second-order valence-corrected chi connectivity index (χ2v) is 5.85. The minimum Gasteiger partial charge on any atom is -0.506 e. The van der Waals surface area contributed by atoms with E-state index in [0.717, 1.165) is 5.39 Å². The number of phenols is 1. The van der Waals surface area contributed by atoms with Gasteiger partial charge in [0.2, 0.25) is 0 Å². The summed E-state index contributed by atoms with van der Waals surface area (Å²) >= 11 is 0. The zero-order valence-corrected chi connectivity index (χ0v) is 14.9. The van der Waals surface area contributed by atoms with E-state index < -0.39 is 0 Å². The molecule has 0 bridgehead atoms. The van der Waals surface area contributed by atoms with Crippen molar-refractivity contribution in [2.75, 3.05) is 21.3 Å². The fourth-order valence-electron chi connectivity index (χ4n) is 3.47. The van der Waals surface area contributed by atoms with Crippen molar-refractivity contribution in [3.05, 3.63) is 35.4 Å². The zero-order chi connectivity index (χ0) is 18.3. The first-order chi connectivity index (χ1) is 12.0. The van der Waals surface area contributed by atoms with Crippen molar-refractivity contribution in [3.8, 4) is 23.0 Å². The lowest BCUT2D eigenvalue weighted by molar-refractivity contribution is 0.101. The number of phenolic OH excluding ortho intramolecular Hbond substituents is 1. The van der Waals surface area contributed by atoms with Gasteiger partial charge in [0.15, 0.2) is 5.78 Å². The molecule has 0 aliphatic rings. The standard InChI is InChI=1S/C20H20O5/c1-10-9-13-17(18(22)15(10)11(2)21)20(25-5)16-12(19(13)24-4)7-6-8-14(16)23-3/h6-9,22H,1-5H3. The van der Waals surface area contributed by atoms with Gasteiger partial charge in [-0.3, -0.25) is 4.79 Å². The highest BCUT2D eigenvalue weighted by Gasteiger charge is 2.24. The zero-order valence-electron chi connectivity index (χ0n) is 14.9. The summed E-state index contributed by atoms with van der Waals surface area (Å²) in [6.45, 7) is 3.22. The third kappa shape index (κ3) is 2.35. The lowest BCUT2D eigenvalue weighted by Gasteiger charge is -2.19. The van der Waals surface area contributed by atoms with E-state index in [2.05, 4.69) is 0 Å². The van der Waals surface area contributed by atoms with Crippen LogP contribution in [0.25, 0.3) is 21.5 Å². The molecule has 0 fully saturated rings. The maximum absolute atomic E-state index is 12.0. The number of benzene rings is 3. The molecular formula is C20H20O5. The first-order valence-electron chi connectivity index (χ1n) is 7.84. The number of Topliss-reactive ketones (excluding diaryl/α,β-unsaturated/α-hetero) is 1. The predicted molar refractivity (Wildman–Crippen MR) is 97.5 cm³/mol. The molecule has 3 rings (SSSR count). The van der Waals surface area contributed by atoms with Crippen LogP contribution >= 0.6 is 0 Å². The van der Waals surface area contributed by atoms with Crippen LogP contribution in [0, 0.1) is 6.92 Å². The van der Waals surface area contributed by atoms with Crippen LogP contribution in [-0.4, -0.2) is 32.2 Å². The molecular weight excluding hydrogens is 320 g/mol. The summed E-state index contributed by atoms with van der Waals surface area (Å²) in [7, 11) is 4.67. The average Bonchev–Trinajstić information content (AvgIpc) is 2.58. The van der Waals surface area contributed by atoms with Gasteiger partial charge in [-0.1, -0.05) is 12.1 Å². The summed E-state index contributed by atoms with van der Waals surface area (Å²) in [4.78, 5) is 12.0. The van der Waals surface area contributed by atoms with E-state index in [9.17, 15) is 9.90 Å². The number of rotatable bonds is 4. The molecule has 0 amide bonds. The molecule has 0 aliphatic heterocycles. The molecule has 1 N–H and O–H groups in total. The van der Waals surface area contributed by atoms with Crippen LogP contribution in [0.1, 0.15) is 22.8 Å². The second-order valence-electron chi connectivity index (χ2n) is 5.85. The Morgan fingerprint density at radius 3 is 2.20 bits per heavy atom. The van der Waals surface area contributed by atoms with Gasteiger partial charge in [-0.2, -0.15) is 0 Å². The normalized spacial score (nSPS) is 10.9. The maximum atomic E-state index is 12.0. The van der Waals surface area contributed by atoms with Crippen LogP contribution in [0.5, 0.6) is 23.0 Å². The highest BCUT2D eigenvalue weighted by molar-refractivity contribution is 6.17. The number of hydrogen-bond donors (Lipinski definition) is 1. The Hall–Kier alpha value is -2.95. The van der Waals surface area contributed by atoms with Crippen LogP contribution in [-0.2, 0) is 0 Å². The molecule has 0 radical (unpaired) electrons. The number of ketones is 1. The van der Waals surface area contributed by atoms with E-state index in [1.165, 1.54) is 14.0 Å². The molecule has 0 spiro atoms. The summed E-state index contributed by atoms with van der Waals surface area (Å²) in [5.74, 6) is 1.32. The van der Waals surface area contributed by atoms with Gasteiger partial charge < -0.3 is 19.3 Å². The van der Waals surface area contributed by atoms with E-state index in [-0.39, 0.29) is 17.1 Å². The lowest BCUT2D eigenvalue weighted by atomic mass is 9.93. The van der Waals surface area contributed by atoms with E-state index in [1.54, 1.807) is 21.1 Å². The monoisotopic (exact) mass is 340 g/mol. The third-order valence-corrected chi connectivity index (χ3v) is 4.45. The SMILES string of the molecule is COc1c2cccc(OC)c2c(OC)c2c(O)c(C(C)=O)c(C)cc12. The van der Waals surface area contributed by atoms with Crippen LogP contribution in [0.3, 0.4) is 0 Å². The molecule has 0 aliphatic carbocycles. The maximum Gasteiger partial charge on any atom is 0.163 e. The van der Waals surface area contributed by atoms with Crippen molar-refractivity contribution < 1.29 is 24.1 Å². The Labute approximate surface area is 145 Å². The molecule has 0 saturated carbocycles. The smallest absolute Gasteiger partial charge is 0.163 e. The highest BCUT2D eigenvalue weighted by Crippen LogP contribution is 2.50. The first kappa shape index (κ1) is 16.9. The van der Waals surface area contributed by atoms with Gasteiger partial charge in [-0.15, -0.1) is 0 Å². The van der Waals surface area contributed by atoms with E-state index in [4.69, 9.17) is 14.2 Å². The van der Waals surface area contributed by atoms with Gasteiger partial charge in [0.25, 0.3) is 0 Å². The molecule has 25 heavy (non-hydrogen) atoms. The topological polar surface area (TPSA) is 65.0 Å². The third-order valence-electron chi connectivity index (χ3n) is 4.45. The molecule has 3 aromatic carbocycles. The summed E-state index contributed by atoms with van der Waals surface area (Å²) in [5.41, 5.74) is 0.960. The largest absolute Gasteiger partial charge is 0.506 e. The summed E-state index contributed by atoms with van der Waals surface area (Å²) in [5, 5.41) is 13.5. The fraction of sp³-hybridized carbons (Fsp3) is 0.250. The van der Waals surface area contributed by atoms with Crippen LogP contribution in [0.2, 0.25) is 0 Å². The van der Waals surface area contributed by atoms with Gasteiger partial charge in [0.1, 0.15) is 23.0 Å². The number of carbonyl (C=O) groups excluding carboxylic acids is 1. The van der Waals surface area contributed by atoms with Gasteiger partial charge in [0, 0.05) is 10.8 Å². The van der Waals surface area contributed by atoms with Crippen molar-refractivity contribution >= 4 is 27.3 Å². The molecule has 5 heteroatoms. The number of methoxy groups -OCH3 is 3. The Balaban J connectivity index is 2.69. The van der Waals surface area contributed by atoms with Gasteiger partial charge in [-0.05, 0) is 31.5 Å². The second kappa shape index (κ2) is 6.16. The number of aryl methyl sites for hydroxylation is 1. The molecule has 5 nitrogen and oxygen atoms in total. The van der Waals surface area contributed by atoms with Crippen LogP contribution in [0.4, 0.5) is 0 Å². The lowest BCUT2D eigenvalue weighted by Crippen LogP contribution is -2.01. The number of fused-ring (bicyclic) bond motifs is 2. The minimum atomic E-state index is -0.210. The molecule has 0 heterocycles. The summed E-state index contributed by atoms with van der Waals surface area (Å²) in [6, 6.07) is 7.43. The minimum absolute atomic E-state index is 0.106. The molecule has 0 unspecified atom stereocenters. The molecule has 3 aromatic rings. The van der Waals surface area contributed by atoms with Gasteiger partial charge >= 0.3 is 0 Å². The first-order valence-corrected chi connectivity index (χ1v) is 7.84. The van der Waals surface area contributed by atoms with Crippen LogP contribution in [0.15, 0.2) is 24.3 Å². The molecule has 0 saturated heterocycles.